The van der Waals surface area contributed by atoms with Gasteiger partial charge in [0, 0.05) is 94.1 Å². The van der Waals surface area contributed by atoms with E-state index in [0.29, 0.717) is 41.3 Å². The number of likely N-dealkylation sites (N-methyl/N-ethyl adjacent to an activating group) is 1. The van der Waals surface area contributed by atoms with E-state index in [9.17, 15) is 47.9 Å². The van der Waals surface area contributed by atoms with Gasteiger partial charge in [-0.25, -0.2) is 4.98 Å². The van der Waals surface area contributed by atoms with Gasteiger partial charge in [-0.05, 0) is 83.2 Å². The Morgan fingerprint density at radius 2 is 1.52 bits per heavy atom. The minimum absolute atomic E-state index is 0.00541. The zero-order chi connectivity index (χ0) is 58.9. The number of amides is 7. The maximum absolute atomic E-state index is 14.4. The van der Waals surface area contributed by atoms with Crippen LogP contribution >= 0.6 is 34.9 Å². The Balaban J connectivity index is 0.00000438. The van der Waals surface area contributed by atoms with Crippen LogP contribution in [-0.2, 0) is 63.9 Å². The molecular weight excluding hydrogens is 1080 g/mol. The second kappa shape index (κ2) is 30.7. The minimum Gasteiger partial charge on any atom is -0.455 e. The van der Waals surface area contributed by atoms with Crippen molar-refractivity contribution in [2.45, 2.75) is 167 Å². The van der Waals surface area contributed by atoms with Crippen molar-refractivity contribution in [2.75, 3.05) is 44.6 Å². The number of ketones is 1. The van der Waals surface area contributed by atoms with Gasteiger partial charge in [-0.1, -0.05) is 53.5 Å². The summed E-state index contributed by atoms with van der Waals surface area (Å²) in [6.07, 6.45) is 2.03. The quantitative estimate of drug-likeness (QED) is 0.0895. The first-order valence-electron chi connectivity index (χ1n) is 26.7. The van der Waals surface area contributed by atoms with Crippen molar-refractivity contribution in [2.24, 2.45) is 17.8 Å². The number of carbonyl (C=O) groups is 10. The lowest BCUT2D eigenvalue weighted by molar-refractivity contribution is -0.192. The van der Waals surface area contributed by atoms with E-state index in [0.717, 1.165) is 21.1 Å². The highest BCUT2D eigenvalue weighted by atomic mass is 32.2. The first-order valence-corrected chi connectivity index (χ1v) is 29.7. The average molecular weight is 1160 g/mol. The monoisotopic (exact) mass is 1160 g/mol. The van der Waals surface area contributed by atoms with Crippen molar-refractivity contribution in [1.82, 2.24) is 29.9 Å². The van der Waals surface area contributed by atoms with Crippen LogP contribution < -0.4 is 15.4 Å². The number of thioether (sulfide) groups is 2. The molecule has 1 aromatic heterocycles. The molecule has 0 radical (unpaired) electrons. The molecule has 3 aliphatic heterocycles. The lowest BCUT2D eigenvalue weighted by atomic mass is 9.81. The molecule has 2 unspecified atom stereocenters. The van der Waals surface area contributed by atoms with E-state index in [4.69, 9.17) is 19.1 Å². The highest BCUT2D eigenvalue weighted by Gasteiger charge is 2.42. The van der Waals surface area contributed by atoms with Crippen molar-refractivity contribution < 1.29 is 67.0 Å². The molecule has 2 fully saturated rings. The fourth-order valence-electron chi connectivity index (χ4n) is 9.39. The van der Waals surface area contributed by atoms with Crippen molar-refractivity contribution in [1.29, 1.82) is 0 Å². The van der Waals surface area contributed by atoms with Crippen molar-refractivity contribution in [3.05, 3.63) is 39.8 Å². The molecule has 3 aliphatic rings. The Hall–Kier alpha value is -5.81. The number of esters is 2. The van der Waals surface area contributed by atoms with Crippen molar-refractivity contribution in [3.8, 4) is 5.75 Å². The third-order valence-electron chi connectivity index (χ3n) is 14.8. The fraction of sp³-hybridized carbons (Fsp3) is 0.636. The third-order valence-corrected chi connectivity index (χ3v) is 18.3. The van der Waals surface area contributed by atoms with Gasteiger partial charge in [0.25, 0.3) is 5.91 Å². The highest BCUT2D eigenvalue weighted by Crippen LogP contribution is 2.36. The van der Waals surface area contributed by atoms with Crippen LogP contribution in [0.1, 0.15) is 153 Å². The molecule has 0 aliphatic carbocycles. The Morgan fingerprint density at radius 3 is 2.06 bits per heavy atom. The number of aromatic nitrogens is 1. The Labute approximate surface area is 475 Å². The van der Waals surface area contributed by atoms with E-state index in [-0.39, 0.29) is 135 Å². The first kappa shape index (κ1) is 65.7. The molecule has 2 saturated heterocycles. The highest BCUT2D eigenvalue weighted by molar-refractivity contribution is 8.17. The lowest BCUT2D eigenvalue weighted by Gasteiger charge is -2.38. The van der Waals surface area contributed by atoms with Crippen LogP contribution in [0.2, 0.25) is 0 Å². The number of hydrogen-bond donors (Lipinski definition) is 2. The Bertz CT molecular complexity index is 2580. The number of ether oxygens (including phenoxy) is 2. The summed E-state index contributed by atoms with van der Waals surface area (Å²) in [6, 6.07) is 4.07. The summed E-state index contributed by atoms with van der Waals surface area (Å²) in [5.41, 5.74) is 0.202. The Kier molecular flexibility index (Phi) is 25.5. The molecule has 1 aromatic carbocycles. The number of benzene rings is 1. The second-order valence-corrected chi connectivity index (χ2v) is 24.8. The van der Waals surface area contributed by atoms with Crippen LogP contribution in [0.25, 0.3) is 0 Å². The van der Waals surface area contributed by atoms with Gasteiger partial charge >= 0.3 is 18.1 Å². The van der Waals surface area contributed by atoms with Crippen molar-refractivity contribution in [3.63, 3.8) is 0 Å². The lowest BCUT2D eigenvalue weighted by Crippen LogP contribution is -2.50. The number of rotatable bonds is 19. The van der Waals surface area contributed by atoms with Crippen LogP contribution in [0.5, 0.6) is 5.75 Å². The number of fused-ring (bicyclic) bond motifs is 5. The van der Waals surface area contributed by atoms with Crippen LogP contribution in [-0.4, -0.2) is 157 Å². The smallest absolute Gasteiger partial charge is 0.373 e. The van der Waals surface area contributed by atoms with E-state index in [1.165, 1.54) is 30.4 Å². The average Bonchev–Trinajstić information content (AvgIpc) is 4.08. The van der Waals surface area contributed by atoms with E-state index in [1.54, 1.807) is 35.5 Å². The summed E-state index contributed by atoms with van der Waals surface area (Å²) in [4.78, 5) is 160. The fourth-order valence-corrected chi connectivity index (χ4v) is 12.9. The summed E-state index contributed by atoms with van der Waals surface area (Å²) >= 11 is 3.67. The molecule has 24 heteroatoms. The SMILES string of the molecule is CCC[C@H](Cc1ccc2c(c1)NC(=O)CCCN1C(=O)CC(SCSC3CC(=O)N(CCCC(=O)O2)C3=O)C1=O)NC(=O)c1csc([C@@H](C[C@H](C(C)C)N(C)C(=O)[C@@H](CC(=O)C(C)(C)N(C)C)[C@@H](C)CC)OC(C)=O)n1.O=C=O. The third kappa shape index (κ3) is 18.4. The molecule has 21 nitrogen and oxygen atoms in total. The summed E-state index contributed by atoms with van der Waals surface area (Å²) in [5, 5.41) is 6.98. The van der Waals surface area contributed by atoms with Crippen LogP contribution in [0.4, 0.5) is 5.69 Å². The second-order valence-electron chi connectivity index (χ2n) is 21.1. The number of thiazole rings is 1. The summed E-state index contributed by atoms with van der Waals surface area (Å²) in [5.74, 6) is -4.41. The maximum atomic E-state index is 14.4. The zero-order valence-electron chi connectivity index (χ0n) is 47.2. The van der Waals surface area contributed by atoms with Gasteiger partial charge in [0.05, 0.1) is 21.7 Å². The summed E-state index contributed by atoms with van der Waals surface area (Å²) < 4.78 is 11.6. The molecule has 7 amide bonds. The van der Waals surface area contributed by atoms with Gasteiger partial charge in [0.1, 0.15) is 10.7 Å². The first-order chi connectivity index (χ1) is 37.3. The summed E-state index contributed by atoms with van der Waals surface area (Å²) in [6.45, 7) is 14.9. The number of carbonyl (C=O) groups excluding carboxylic acids is 12. The zero-order valence-corrected chi connectivity index (χ0v) is 49.7. The predicted molar refractivity (Wildman–Crippen MR) is 297 cm³/mol. The summed E-state index contributed by atoms with van der Waals surface area (Å²) in [7, 11) is 5.40. The van der Waals surface area contributed by atoms with Gasteiger partial charge < -0.3 is 25.0 Å². The molecular formula is C55H77N7O14S3. The van der Waals surface area contributed by atoms with Crippen LogP contribution in [0, 0.1) is 17.8 Å². The molecule has 2 N–H and O–H groups in total. The van der Waals surface area contributed by atoms with E-state index in [2.05, 4.69) is 15.6 Å². The molecule has 0 spiro atoms. The molecule has 4 bridgehead atoms. The maximum Gasteiger partial charge on any atom is 0.373 e. The largest absolute Gasteiger partial charge is 0.455 e. The van der Waals surface area contributed by atoms with Gasteiger partial charge in [-0.3, -0.25) is 62.6 Å². The number of Topliss-reactive ketones (excluding diaryl/α,β-unsaturated/α-hetero) is 1. The number of imide groups is 2. The Morgan fingerprint density at radius 1 is 0.924 bits per heavy atom. The van der Waals surface area contributed by atoms with E-state index < -0.39 is 63.9 Å². The molecule has 5 rings (SSSR count). The van der Waals surface area contributed by atoms with Crippen LogP contribution in [0.3, 0.4) is 0 Å². The number of nitrogens with one attached hydrogen (secondary N) is 2. The van der Waals surface area contributed by atoms with Gasteiger partial charge in [-0.2, -0.15) is 9.59 Å². The van der Waals surface area contributed by atoms with Crippen molar-refractivity contribution >= 4 is 106 Å². The van der Waals surface area contributed by atoms with E-state index >= 15 is 0 Å². The topological polar surface area (TPSA) is 273 Å². The predicted octanol–water partition coefficient (Wildman–Crippen LogP) is 6.24. The standard InChI is InChI=1S/C54H77N7O12S3.CO2/c1-12-16-35(55-49(68)38-29-74-50(57-38)41(72-33(6)62)26-39(31(3)4)59(11)51(69)36(32(5)13-2)25-44(63)54(7,8)58(9)10)23-34-19-20-40-37(24-34)56-45(64)17-14-21-60-46(65)27-42(52(60)70)75-30-76-43-28-47(66)61(53(43)71)22-15-18-48(67)73-40;2-1-3/h19-20,24,29,31-32,35-36,39,41-43H,12-18,21-23,25-28,30H2,1-11H3,(H,55,68)(H,56,64);/t32-,35+,36-,39+,41+,42?,43?;/m0./s1. The number of hydrogen-bond acceptors (Lipinski definition) is 19. The van der Waals surface area contributed by atoms with Crippen LogP contribution in [0.15, 0.2) is 23.6 Å². The number of nitrogens with zero attached hydrogens (tertiary/aromatic N) is 5. The molecule has 434 valence electrons. The number of anilines is 1. The van der Waals surface area contributed by atoms with Gasteiger partial charge in [0.2, 0.25) is 35.4 Å². The molecule has 4 heterocycles. The van der Waals surface area contributed by atoms with E-state index in [1.807, 2.05) is 67.5 Å². The molecule has 2 aromatic rings. The minimum atomic E-state index is -0.891. The molecule has 79 heavy (non-hydrogen) atoms. The molecule has 7 atom stereocenters. The van der Waals surface area contributed by atoms with Gasteiger partial charge in [-0.15, -0.1) is 34.9 Å². The normalized spacial score (nSPS) is 19.6. The molecule has 0 saturated carbocycles. The van der Waals surface area contributed by atoms with Gasteiger partial charge in [0.15, 0.2) is 17.6 Å².